The molecular weight excluding hydrogens is 296 g/mol. The van der Waals surface area contributed by atoms with Gasteiger partial charge in [-0.05, 0) is 24.6 Å². The summed E-state index contributed by atoms with van der Waals surface area (Å²) in [6.45, 7) is 2.28. The lowest BCUT2D eigenvalue weighted by Crippen LogP contribution is -2.25. The zero-order valence-corrected chi connectivity index (χ0v) is 12.6. The van der Waals surface area contributed by atoms with Gasteiger partial charge >= 0.3 is 5.97 Å². The van der Waals surface area contributed by atoms with Crippen LogP contribution in [-0.2, 0) is 10.0 Å². The molecule has 0 aliphatic heterocycles. The second-order valence-electron chi connectivity index (χ2n) is 4.41. The highest BCUT2D eigenvalue weighted by Gasteiger charge is 2.18. The third-order valence-electron chi connectivity index (χ3n) is 2.78. The van der Waals surface area contributed by atoms with Crippen molar-refractivity contribution in [1.29, 1.82) is 0 Å². The molecule has 8 heteroatoms. The van der Waals surface area contributed by atoms with Gasteiger partial charge in [0.1, 0.15) is 0 Å². The van der Waals surface area contributed by atoms with Crippen LogP contribution in [0.25, 0.3) is 0 Å². The second-order valence-corrected chi connectivity index (χ2v) is 6.18. The Morgan fingerprint density at radius 2 is 2.00 bits per heavy atom. The van der Waals surface area contributed by atoms with Gasteiger partial charge in [0.25, 0.3) is 0 Å². The fraction of sp³-hybridized carbons (Fsp3) is 0.462. The van der Waals surface area contributed by atoms with E-state index in [4.69, 9.17) is 10.2 Å². The first kappa shape index (κ1) is 17.4. The molecule has 0 amide bonds. The Hall–Kier alpha value is -1.64. The first-order valence-corrected chi connectivity index (χ1v) is 8.12. The average Bonchev–Trinajstić information content (AvgIpc) is 2.44. The molecule has 0 saturated heterocycles. The molecule has 7 nitrogen and oxygen atoms in total. The fourth-order valence-corrected chi connectivity index (χ4v) is 2.78. The molecule has 0 fully saturated rings. The molecule has 0 spiro atoms. The number of hydrogen-bond acceptors (Lipinski definition) is 5. The summed E-state index contributed by atoms with van der Waals surface area (Å²) in [6.07, 6.45) is 1.56. The van der Waals surface area contributed by atoms with E-state index in [0.29, 0.717) is 13.0 Å². The zero-order chi connectivity index (χ0) is 15.9. The minimum absolute atomic E-state index is 0.0921. The average molecular weight is 316 g/mol. The number of anilines is 1. The number of carbonyl (C=O) groups is 1. The number of carboxylic acids is 1. The Morgan fingerprint density at radius 3 is 2.57 bits per heavy atom. The molecule has 1 rings (SSSR count). The monoisotopic (exact) mass is 316 g/mol. The van der Waals surface area contributed by atoms with Gasteiger partial charge in [0.2, 0.25) is 10.0 Å². The van der Waals surface area contributed by atoms with E-state index >= 15 is 0 Å². The van der Waals surface area contributed by atoms with Crippen LogP contribution in [0.2, 0.25) is 0 Å². The molecule has 4 N–H and O–H groups in total. The van der Waals surface area contributed by atoms with Crippen molar-refractivity contribution >= 4 is 21.7 Å². The standard InChI is InChI=1S/C13H20N2O5S/c1-2-3-6-15-21(19,20)10-4-5-12(14-7-8-16)11(9-10)13(17)18/h4-5,9,14-16H,2-3,6-8H2,1H3,(H,17,18). The molecule has 0 aromatic heterocycles. The van der Waals surface area contributed by atoms with E-state index in [-0.39, 0.29) is 29.3 Å². The van der Waals surface area contributed by atoms with Crippen molar-refractivity contribution in [2.75, 3.05) is 25.0 Å². The Balaban J connectivity index is 3.04. The third-order valence-corrected chi connectivity index (χ3v) is 4.24. The van der Waals surface area contributed by atoms with Crippen LogP contribution in [0.4, 0.5) is 5.69 Å². The number of benzene rings is 1. The topological polar surface area (TPSA) is 116 Å². The number of aromatic carboxylic acids is 1. The smallest absolute Gasteiger partial charge is 0.337 e. The minimum Gasteiger partial charge on any atom is -0.478 e. The number of rotatable bonds is 9. The molecule has 1 aromatic rings. The molecule has 0 aliphatic carbocycles. The third kappa shape index (κ3) is 5.00. The van der Waals surface area contributed by atoms with Crippen LogP contribution in [0.5, 0.6) is 0 Å². The van der Waals surface area contributed by atoms with Gasteiger partial charge in [0, 0.05) is 18.8 Å². The molecule has 0 radical (unpaired) electrons. The number of nitrogens with one attached hydrogen (secondary N) is 2. The van der Waals surface area contributed by atoms with Crippen LogP contribution in [0.1, 0.15) is 30.1 Å². The highest BCUT2D eigenvalue weighted by Crippen LogP contribution is 2.20. The van der Waals surface area contributed by atoms with Crippen molar-refractivity contribution in [2.24, 2.45) is 0 Å². The predicted octanol–water partition coefficient (Wildman–Crippen LogP) is 0.867. The molecule has 0 heterocycles. The van der Waals surface area contributed by atoms with E-state index in [1.165, 1.54) is 12.1 Å². The summed E-state index contributed by atoms with van der Waals surface area (Å²) in [6, 6.07) is 3.82. The zero-order valence-electron chi connectivity index (χ0n) is 11.8. The Labute approximate surface area is 124 Å². The first-order chi connectivity index (χ1) is 9.92. The summed E-state index contributed by atoms with van der Waals surface area (Å²) in [7, 11) is -3.72. The lowest BCUT2D eigenvalue weighted by molar-refractivity contribution is 0.0697. The predicted molar refractivity (Wildman–Crippen MR) is 79.1 cm³/mol. The molecule has 0 bridgehead atoms. The van der Waals surface area contributed by atoms with Crippen molar-refractivity contribution < 1.29 is 23.4 Å². The number of sulfonamides is 1. The van der Waals surface area contributed by atoms with Crippen molar-refractivity contribution in [2.45, 2.75) is 24.7 Å². The maximum absolute atomic E-state index is 12.0. The van der Waals surface area contributed by atoms with Crippen LogP contribution in [0, 0.1) is 0 Å². The Bertz CT molecular complexity index is 586. The number of hydrogen-bond donors (Lipinski definition) is 4. The first-order valence-electron chi connectivity index (χ1n) is 6.64. The summed E-state index contributed by atoms with van der Waals surface area (Å²) in [5.74, 6) is -1.24. The van der Waals surface area contributed by atoms with Crippen LogP contribution in [0.15, 0.2) is 23.1 Å². The van der Waals surface area contributed by atoms with Gasteiger partial charge in [0.05, 0.1) is 17.1 Å². The summed E-state index contributed by atoms with van der Waals surface area (Å²) in [5, 5.41) is 20.6. The van der Waals surface area contributed by atoms with Crippen LogP contribution < -0.4 is 10.0 Å². The molecule has 1 aromatic carbocycles. The molecule has 0 aliphatic rings. The molecule has 0 atom stereocenters. The molecule has 21 heavy (non-hydrogen) atoms. The molecular formula is C13H20N2O5S. The number of unbranched alkanes of at least 4 members (excludes halogenated alkanes) is 1. The van der Waals surface area contributed by atoms with Gasteiger partial charge < -0.3 is 15.5 Å². The largest absolute Gasteiger partial charge is 0.478 e. The van der Waals surface area contributed by atoms with Crippen LogP contribution in [0.3, 0.4) is 0 Å². The van der Waals surface area contributed by atoms with E-state index < -0.39 is 16.0 Å². The van der Waals surface area contributed by atoms with E-state index in [1.807, 2.05) is 6.92 Å². The maximum atomic E-state index is 12.0. The van der Waals surface area contributed by atoms with Gasteiger partial charge in [0.15, 0.2) is 0 Å². The van der Waals surface area contributed by atoms with Crippen LogP contribution in [-0.4, -0.2) is 44.3 Å². The van der Waals surface area contributed by atoms with Crippen molar-refractivity contribution in [3.05, 3.63) is 23.8 Å². The van der Waals surface area contributed by atoms with Gasteiger partial charge in [-0.15, -0.1) is 0 Å². The van der Waals surface area contributed by atoms with Crippen molar-refractivity contribution in [1.82, 2.24) is 4.72 Å². The fourth-order valence-electron chi connectivity index (χ4n) is 1.68. The number of carboxylic acid groups (broad SMARTS) is 1. The van der Waals surface area contributed by atoms with Crippen molar-refractivity contribution in [3.8, 4) is 0 Å². The van der Waals surface area contributed by atoms with Gasteiger partial charge in [-0.25, -0.2) is 17.9 Å². The summed E-state index contributed by atoms with van der Waals surface area (Å²) in [5.41, 5.74) is 0.117. The quantitative estimate of drug-likeness (QED) is 0.502. The number of aliphatic hydroxyl groups is 1. The lowest BCUT2D eigenvalue weighted by Gasteiger charge is -2.11. The van der Waals surface area contributed by atoms with Crippen LogP contribution >= 0.6 is 0 Å². The summed E-state index contributed by atoms with van der Waals surface area (Å²) < 4.78 is 26.5. The van der Waals surface area contributed by atoms with E-state index in [0.717, 1.165) is 12.5 Å². The molecule has 0 saturated carbocycles. The van der Waals surface area contributed by atoms with Gasteiger partial charge in [-0.1, -0.05) is 13.3 Å². The van der Waals surface area contributed by atoms with E-state index in [2.05, 4.69) is 10.0 Å². The van der Waals surface area contributed by atoms with Gasteiger partial charge in [-0.3, -0.25) is 0 Å². The number of aliphatic hydroxyl groups excluding tert-OH is 1. The minimum atomic E-state index is -3.72. The van der Waals surface area contributed by atoms with Gasteiger partial charge in [-0.2, -0.15) is 0 Å². The molecule has 0 unspecified atom stereocenters. The normalized spacial score (nSPS) is 11.3. The lowest BCUT2D eigenvalue weighted by atomic mass is 10.2. The van der Waals surface area contributed by atoms with E-state index in [9.17, 15) is 13.2 Å². The maximum Gasteiger partial charge on any atom is 0.337 e. The molecule has 118 valence electrons. The highest BCUT2D eigenvalue weighted by atomic mass is 32.2. The highest BCUT2D eigenvalue weighted by molar-refractivity contribution is 7.89. The summed E-state index contributed by atoms with van der Waals surface area (Å²) >= 11 is 0. The second kappa shape index (κ2) is 7.96. The van der Waals surface area contributed by atoms with E-state index in [1.54, 1.807) is 0 Å². The van der Waals surface area contributed by atoms with Crippen molar-refractivity contribution in [3.63, 3.8) is 0 Å². The SMILES string of the molecule is CCCCNS(=O)(=O)c1ccc(NCCO)c(C(=O)O)c1. The summed E-state index contributed by atoms with van der Waals surface area (Å²) in [4.78, 5) is 11.1. The Morgan fingerprint density at radius 1 is 1.29 bits per heavy atom. The Kier molecular flexibility index (Phi) is 6.60.